The third kappa shape index (κ3) is 12.0. The van der Waals surface area contributed by atoms with E-state index in [0.29, 0.717) is 17.4 Å². The number of nitrogens with zero attached hydrogens (tertiary/aromatic N) is 2. The molecule has 6 N–H and O–H groups in total. The van der Waals surface area contributed by atoms with Gasteiger partial charge in [0.05, 0.1) is 24.6 Å². The van der Waals surface area contributed by atoms with Gasteiger partial charge in [0.25, 0.3) is 0 Å². The molecule has 0 amide bonds. The molecule has 0 bridgehead atoms. The molecule has 2 aromatic carbocycles. The van der Waals surface area contributed by atoms with Gasteiger partial charge in [0.15, 0.2) is 5.88 Å². The van der Waals surface area contributed by atoms with E-state index in [1.54, 1.807) is 7.11 Å². The molecule has 7 heteroatoms. The Morgan fingerprint density at radius 2 is 1.59 bits per heavy atom. The topological polar surface area (TPSA) is 101 Å². The minimum atomic E-state index is -0.284. The van der Waals surface area contributed by atoms with E-state index in [2.05, 4.69) is 92.9 Å². The number of rotatable bonds is 10. The smallest absolute Gasteiger partial charge is 0.188 e. The van der Waals surface area contributed by atoms with E-state index < -0.39 is 0 Å². The zero-order valence-corrected chi connectivity index (χ0v) is 31.0. The first-order valence-electron chi connectivity index (χ1n) is 16.4. The van der Waals surface area contributed by atoms with Gasteiger partial charge in [-0.25, -0.2) is 4.99 Å². The second-order valence-electron chi connectivity index (χ2n) is 11.4. The van der Waals surface area contributed by atoms with Gasteiger partial charge in [0.1, 0.15) is 5.82 Å². The SMILES string of the molecule is C=C(NCC)C1=NC(=C)N(C(=C)OC)C(C(=C)NC(C)c2ccc(C(=C)C)cc2)C=C1.C=C1C(=C)C(N)=C1C.CC.Cc1cccc(N)c1. The van der Waals surface area contributed by atoms with E-state index in [4.69, 9.17) is 16.2 Å². The van der Waals surface area contributed by atoms with Crippen molar-refractivity contribution in [3.05, 3.63) is 169 Å². The second-order valence-corrected chi connectivity index (χ2v) is 11.4. The third-order valence-electron chi connectivity index (χ3n) is 7.70. The molecule has 262 valence electrons. The van der Waals surface area contributed by atoms with Crippen molar-refractivity contribution in [3.8, 4) is 0 Å². The van der Waals surface area contributed by atoms with Gasteiger partial charge in [0, 0.05) is 29.7 Å². The standard InChI is InChI=1S/C26H34N4O.2C7H9N.C2H6/c1-10-27-19(5)25-15-16-26(30(21(7)29-25)22(8)31-9)20(6)28-18(4)24-13-11-23(12-14-24)17(2)3;1-4-5(2)7(8)6(4)3;1-6-3-2-4-7(8)5-6;1-2/h11-16,18,26-28H,2,5-8,10H2,1,3-4,9H3;1-2,8H2,3H3;2-5H,8H2,1H3;1-2H3. The molecule has 1 aliphatic heterocycles. The number of methoxy groups -OCH3 is 1. The van der Waals surface area contributed by atoms with Crippen LogP contribution in [0.15, 0.2) is 157 Å². The molecule has 1 aliphatic carbocycles. The van der Waals surface area contributed by atoms with Gasteiger partial charge in [-0.1, -0.05) is 101 Å². The minimum absolute atomic E-state index is 0.0476. The van der Waals surface area contributed by atoms with Crippen molar-refractivity contribution in [2.45, 2.75) is 60.5 Å². The van der Waals surface area contributed by atoms with E-state index in [-0.39, 0.29) is 12.1 Å². The molecule has 0 radical (unpaired) electrons. The molecular formula is C42H58N6O. The maximum atomic E-state index is 5.48. The summed E-state index contributed by atoms with van der Waals surface area (Å²) in [4.78, 5) is 6.44. The van der Waals surface area contributed by atoms with Crippen molar-refractivity contribution in [2.24, 2.45) is 10.7 Å². The number of aryl methyl sites for hydroxylation is 1. The molecule has 0 saturated heterocycles. The fraction of sp³-hybridized carbons (Fsp3) is 0.262. The maximum Gasteiger partial charge on any atom is 0.188 e. The number of nitrogens with two attached hydrogens (primary N) is 2. The summed E-state index contributed by atoms with van der Waals surface area (Å²) in [6, 6.07) is 15.9. The van der Waals surface area contributed by atoms with Crippen LogP contribution in [-0.2, 0) is 4.74 Å². The highest BCUT2D eigenvalue weighted by atomic mass is 16.5. The van der Waals surface area contributed by atoms with Crippen LogP contribution in [0.25, 0.3) is 5.57 Å². The zero-order valence-electron chi connectivity index (χ0n) is 31.0. The predicted octanol–water partition coefficient (Wildman–Crippen LogP) is 9.23. The maximum absolute atomic E-state index is 5.48. The summed E-state index contributed by atoms with van der Waals surface area (Å²) in [7, 11) is 1.57. The summed E-state index contributed by atoms with van der Waals surface area (Å²) in [5, 5.41) is 6.70. The molecule has 2 aliphatic rings. The summed E-state index contributed by atoms with van der Waals surface area (Å²) in [5.41, 5.74) is 22.3. The van der Waals surface area contributed by atoms with Crippen LogP contribution >= 0.6 is 0 Å². The molecule has 7 nitrogen and oxygen atoms in total. The van der Waals surface area contributed by atoms with Gasteiger partial charge >= 0.3 is 0 Å². The van der Waals surface area contributed by atoms with E-state index in [9.17, 15) is 0 Å². The Morgan fingerprint density at radius 3 is 2.02 bits per heavy atom. The van der Waals surface area contributed by atoms with Gasteiger partial charge in [0.2, 0.25) is 0 Å². The number of hydrogen-bond acceptors (Lipinski definition) is 7. The highest BCUT2D eigenvalue weighted by Crippen LogP contribution is 2.32. The minimum Gasteiger partial charge on any atom is -0.483 e. The number of anilines is 1. The van der Waals surface area contributed by atoms with Crippen molar-refractivity contribution < 1.29 is 4.74 Å². The molecule has 1 heterocycles. The summed E-state index contributed by atoms with van der Waals surface area (Å²) in [6.45, 7) is 42.8. The number of allylic oxidation sites excluding steroid dienone is 4. The Morgan fingerprint density at radius 1 is 0.980 bits per heavy atom. The van der Waals surface area contributed by atoms with Crippen molar-refractivity contribution in [2.75, 3.05) is 19.4 Å². The molecule has 2 aromatic rings. The average molecular weight is 663 g/mol. The van der Waals surface area contributed by atoms with E-state index >= 15 is 0 Å². The van der Waals surface area contributed by atoms with Crippen molar-refractivity contribution in [1.82, 2.24) is 15.5 Å². The van der Waals surface area contributed by atoms with E-state index in [1.807, 2.05) is 82.9 Å². The Bertz CT molecular complexity index is 1600. The van der Waals surface area contributed by atoms with E-state index in [1.165, 1.54) is 5.56 Å². The number of hydrogen-bond donors (Lipinski definition) is 4. The molecular weight excluding hydrogens is 605 g/mol. The summed E-state index contributed by atoms with van der Waals surface area (Å²) >= 11 is 0. The van der Waals surface area contributed by atoms with Crippen LogP contribution in [0.4, 0.5) is 5.69 Å². The fourth-order valence-corrected chi connectivity index (χ4v) is 4.69. The van der Waals surface area contributed by atoms with Crippen LogP contribution in [0.5, 0.6) is 0 Å². The zero-order chi connectivity index (χ0) is 37.4. The number of nitrogens with one attached hydrogen (secondary N) is 2. The molecule has 4 rings (SSSR count). The molecule has 2 atom stereocenters. The molecule has 0 fully saturated rings. The second kappa shape index (κ2) is 20.1. The molecule has 49 heavy (non-hydrogen) atoms. The molecule has 0 saturated carbocycles. The van der Waals surface area contributed by atoms with Crippen molar-refractivity contribution >= 4 is 17.0 Å². The Labute approximate surface area is 296 Å². The van der Waals surface area contributed by atoms with Crippen LogP contribution in [0.3, 0.4) is 0 Å². The number of benzene rings is 2. The van der Waals surface area contributed by atoms with Crippen LogP contribution in [0.2, 0.25) is 0 Å². The molecule has 0 aromatic heterocycles. The number of ether oxygens (including phenoxy) is 1. The highest BCUT2D eigenvalue weighted by Gasteiger charge is 2.27. The van der Waals surface area contributed by atoms with Crippen LogP contribution < -0.4 is 22.1 Å². The monoisotopic (exact) mass is 662 g/mol. The first-order valence-corrected chi connectivity index (χ1v) is 16.4. The normalized spacial score (nSPS) is 15.3. The van der Waals surface area contributed by atoms with Gasteiger partial charge in [-0.15, -0.1) is 0 Å². The lowest BCUT2D eigenvalue weighted by atomic mass is 9.86. The van der Waals surface area contributed by atoms with Crippen LogP contribution in [0, 0.1) is 6.92 Å². The summed E-state index contributed by atoms with van der Waals surface area (Å²) < 4.78 is 5.42. The van der Waals surface area contributed by atoms with Gasteiger partial charge in [-0.05, 0) is 92.8 Å². The lowest BCUT2D eigenvalue weighted by Crippen LogP contribution is -2.38. The van der Waals surface area contributed by atoms with Gasteiger partial charge in [-0.3, -0.25) is 4.90 Å². The van der Waals surface area contributed by atoms with Crippen molar-refractivity contribution in [1.29, 1.82) is 0 Å². The van der Waals surface area contributed by atoms with Gasteiger partial charge in [-0.2, -0.15) is 0 Å². The summed E-state index contributed by atoms with van der Waals surface area (Å²) in [6.07, 6.45) is 3.92. The predicted molar refractivity (Wildman–Crippen MR) is 214 cm³/mol. The van der Waals surface area contributed by atoms with Gasteiger partial charge < -0.3 is 26.8 Å². The quantitative estimate of drug-likeness (QED) is 0.150. The first kappa shape index (κ1) is 41.6. The first-order chi connectivity index (χ1) is 23.1. The number of nitrogen functional groups attached to an aromatic ring is 1. The van der Waals surface area contributed by atoms with Crippen LogP contribution in [-0.4, -0.2) is 30.3 Å². The Kier molecular flexibility index (Phi) is 17.0. The van der Waals surface area contributed by atoms with Crippen molar-refractivity contribution in [3.63, 3.8) is 0 Å². The number of aliphatic imine (C=N–C) groups is 1. The average Bonchev–Trinajstić information content (AvgIpc) is 3.27. The lowest BCUT2D eigenvalue weighted by molar-refractivity contribution is 0.169. The fourth-order valence-electron chi connectivity index (χ4n) is 4.69. The molecule has 0 spiro atoms. The highest BCUT2D eigenvalue weighted by molar-refractivity contribution is 6.08. The molecule has 2 unspecified atom stereocenters. The van der Waals surface area contributed by atoms with E-state index in [0.717, 1.165) is 62.7 Å². The Balaban J connectivity index is 0.000000536. The largest absolute Gasteiger partial charge is 0.483 e. The Hall–Kier alpha value is -5.43. The van der Waals surface area contributed by atoms with Crippen LogP contribution in [0.1, 0.15) is 64.3 Å². The lowest BCUT2D eigenvalue weighted by Gasteiger charge is -2.33. The summed E-state index contributed by atoms with van der Waals surface area (Å²) in [5.74, 6) is 0.928. The third-order valence-corrected chi connectivity index (χ3v) is 7.70.